The number of benzene rings is 2. The summed E-state index contributed by atoms with van der Waals surface area (Å²) in [6.07, 6.45) is -12.1. The maximum Gasteiger partial charge on any atom is 0.430 e. The quantitative estimate of drug-likeness (QED) is 0.490. The molecule has 158 valence electrons. The van der Waals surface area contributed by atoms with Crippen LogP contribution >= 0.6 is 0 Å². The topological polar surface area (TPSA) is 37.3 Å². The van der Waals surface area contributed by atoms with Crippen molar-refractivity contribution in [2.24, 2.45) is 0 Å². The zero-order valence-electron chi connectivity index (χ0n) is 14.9. The van der Waals surface area contributed by atoms with Crippen LogP contribution in [0.5, 0.6) is 0 Å². The molecule has 0 fully saturated rings. The second-order valence-electron chi connectivity index (χ2n) is 6.60. The van der Waals surface area contributed by atoms with Crippen molar-refractivity contribution in [3.63, 3.8) is 0 Å². The number of aldehydes is 1. The number of carbonyl (C=O) groups is 1. The van der Waals surface area contributed by atoms with E-state index in [0.717, 1.165) is 18.2 Å². The monoisotopic (exact) mass is 426 g/mol. The van der Waals surface area contributed by atoms with Gasteiger partial charge in [-0.15, -0.1) is 0 Å². The molecule has 1 N–H and O–H groups in total. The number of halogens is 8. The van der Waals surface area contributed by atoms with E-state index < -0.39 is 46.6 Å². The average Bonchev–Trinajstić information content (AvgIpc) is 2.58. The first-order valence-electron chi connectivity index (χ1n) is 8.10. The SMILES string of the molecule is CC(C)c1c(-c2ccc(C(O)(C(F)(F)F)C(F)(F)F)cc2)cc(F)c(C=O)c1F. The number of carbonyl (C=O) groups excluding carboxylic acids is 1. The third kappa shape index (κ3) is 3.73. The van der Waals surface area contributed by atoms with Gasteiger partial charge < -0.3 is 5.11 Å². The highest BCUT2D eigenvalue weighted by Gasteiger charge is 2.71. The lowest BCUT2D eigenvalue weighted by Gasteiger charge is -2.32. The van der Waals surface area contributed by atoms with E-state index in [2.05, 4.69) is 0 Å². The van der Waals surface area contributed by atoms with E-state index in [-0.39, 0.29) is 23.0 Å². The van der Waals surface area contributed by atoms with Gasteiger partial charge in [0.05, 0.1) is 5.56 Å². The van der Waals surface area contributed by atoms with Crippen molar-refractivity contribution in [2.75, 3.05) is 0 Å². The standard InChI is InChI=1S/C19H14F8O2/c1-9(2)15-12(7-14(20)13(8-28)16(15)21)10-3-5-11(6-4-10)17(29,18(22,23)24)19(25,26)27/h3-9,29H,1-2H3. The minimum absolute atomic E-state index is 0.0315. The first-order valence-corrected chi connectivity index (χ1v) is 8.10. The molecule has 0 spiro atoms. The Labute approximate surface area is 159 Å². The van der Waals surface area contributed by atoms with E-state index in [0.29, 0.717) is 12.1 Å². The summed E-state index contributed by atoms with van der Waals surface area (Å²) in [7, 11) is 0. The largest absolute Gasteiger partial charge is 0.430 e. The third-order valence-electron chi connectivity index (χ3n) is 4.42. The van der Waals surface area contributed by atoms with Crippen LogP contribution in [0.2, 0.25) is 0 Å². The molecule has 0 aliphatic rings. The summed E-state index contributed by atoms with van der Waals surface area (Å²) in [4.78, 5) is 10.9. The van der Waals surface area contributed by atoms with Gasteiger partial charge >= 0.3 is 12.4 Å². The number of hydrogen-bond acceptors (Lipinski definition) is 2. The van der Waals surface area contributed by atoms with Crippen molar-refractivity contribution in [2.45, 2.75) is 37.7 Å². The minimum Gasteiger partial charge on any atom is -0.369 e. The molecule has 29 heavy (non-hydrogen) atoms. The average molecular weight is 426 g/mol. The maximum atomic E-state index is 14.5. The summed E-state index contributed by atoms with van der Waals surface area (Å²) in [6.45, 7) is 3.02. The fourth-order valence-corrected chi connectivity index (χ4v) is 2.94. The molecule has 0 aromatic heterocycles. The number of alkyl halides is 6. The van der Waals surface area contributed by atoms with Crippen molar-refractivity contribution in [3.8, 4) is 11.1 Å². The molecule has 0 saturated heterocycles. The van der Waals surface area contributed by atoms with Gasteiger partial charge in [0.2, 0.25) is 0 Å². The van der Waals surface area contributed by atoms with E-state index >= 15 is 0 Å². The Kier molecular flexibility index (Phi) is 5.82. The van der Waals surface area contributed by atoms with Crippen LogP contribution in [0.25, 0.3) is 11.1 Å². The second kappa shape index (κ2) is 7.40. The zero-order valence-corrected chi connectivity index (χ0v) is 14.9. The number of hydrogen-bond donors (Lipinski definition) is 1. The van der Waals surface area contributed by atoms with Gasteiger partial charge in [-0.1, -0.05) is 38.1 Å². The lowest BCUT2D eigenvalue weighted by atomic mass is 9.87. The molecule has 0 unspecified atom stereocenters. The Balaban J connectivity index is 2.69. The Morgan fingerprint density at radius 1 is 0.931 bits per heavy atom. The Bertz CT molecular complexity index is 898. The Hall–Kier alpha value is -2.49. The van der Waals surface area contributed by atoms with Gasteiger partial charge in [-0.25, -0.2) is 8.78 Å². The van der Waals surface area contributed by atoms with Gasteiger partial charge in [0, 0.05) is 5.56 Å². The molecule has 0 aliphatic carbocycles. The van der Waals surface area contributed by atoms with E-state index in [4.69, 9.17) is 0 Å². The molecule has 0 saturated carbocycles. The molecule has 2 aromatic rings. The highest BCUT2D eigenvalue weighted by Crippen LogP contribution is 2.50. The lowest BCUT2D eigenvalue weighted by molar-refractivity contribution is -0.376. The first kappa shape index (κ1) is 22.8. The number of aliphatic hydroxyl groups is 1. The molecule has 0 radical (unpaired) electrons. The van der Waals surface area contributed by atoms with Crippen LogP contribution in [0.4, 0.5) is 35.1 Å². The molecule has 2 nitrogen and oxygen atoms in total. The smallest absolute Gasteiger partial charge is 0.369 e. The Morgan fingerprint density at radius 3 is 1.79 bits per heavy atom. The minimum atomic E-state index is -6.06. The molecular weight excluding hydrogens is 412 g/mol. The molecule has 0 heterocycles. The molecule has 0 atom stereocenters. The predicted octanol–water partition coefficient (Wildman–Crippen LogP) is 5.88. The van der Waals surface area contributed by atoms with Gasteiger partial charge in [-0.3, -0.25) is 4.79 Å². The Morgan fingerprint density at radius 2 is 1.41 bits per heavy atom. The molecule has 0 aliphatic heterocycles. The van der Waals surface area contributed by atoms with Crippen LogP contribution in [0, 0.1) is 11.6 Å². The van der Waals surface area contributed by atoms with Gasteiger partial charge in [-0.2, -0.15) is 26.3 Å². The number of rotatable bonds is 4. The summed E-state index contributed by atoms with van der Waals surface area (Å²) in [6, 6.07) is 3.08. The zero-order chi connectivity index (χ0) is 22.4. The molecular formula is C19H14F8O2. The second-order valence-corrected chi connectivity index (χ2v) is 6.60. The van der Waals surface area contributed by atoms with Crippen molar-refractivity contribution in [3.05, 3.63) is 58.7 Å². The van der Waals surface area contributed by atoms with Gasteiger partial charge in [0.1, 0.15) is 11.6 Å². The van der Waals surface area contributed by atoms with Crippen LogP contribution in [0.15, 0.2) is 30.3 Å². The van der Waals surface area contributed by atoms with Crippen molar-refractivity contribution < 1.29 is 45.0 Å². The molecule has 2 rings (SSSR count). The van der Waals surface area contributed by atoms with E-state index in [1.807, 2.05) is 0 Å². The summed E-state index contributed by atoms with van der Waals surface area (Å²) >= 11 is 0. The fourth-order valence-electron chi connectivity index (χ4n) is 2.94. The molecule has 0 amide bonds. The molecule has 0 bridgehead atoms. The predicted molar refractivity (Wildman–Crippen MR) is 87.3 cm³/mol. The molecule has 10 heteroatoms. The highest BCUT2D eigenvalue weighted by molar-refractivity contribution is 5.80. The lowest BCUT2D eigenvalue weighted by Crippen LogP contribution is -2.53. The van der Waals surface area contributed by atoms with E-state index in [9.17, 15) is 45.0 Å². The summed E-state index contributed by atoms with van der Waals surface area (Å²) < 4.78 is 106. The van der Waals surface area contributed by atoms with Crippen LogP contribution in [-0.2, 0) is 5.60 Å². The van der Waals surface area contributed by atoms with E-state index in [1.165, 1.54) is 13.8 Å². The van der Waals surface area contributed by atoms with Crippen molar-refractivity contribution >= 4 is 6.29 Å². The van der Waals surface area contributed by atoms with Crippen LogP contribution in [0.1, 0.15) is 41.3 Å². The van der Waals surface area contributed by atoms with Crippen LogP contribution in [0.3, 0.4) is 0 Å². The first-order chi connectivity index (χ1) is 13.2. The van der Waals surface area contributed by atoms with Gasteiger partial charge in [0.15, 0.2) is 6.29 Å². The fraction of sp³-hybridized carbons (Fsp3) is 0.316. The molecule has 2 aromatic carbocycles. The van der Waals surface area contributed by atoms with Crippen molar-refractivity contribution in [1.29, 1.82) is 0 Å². The normalized spacial score (nSPS) is 13.1. The maximum absolute atomic E-state index is 14.5. The van der Waals surface area contributed by atoms with E-state index in [1.54, 1.807) is 0 Å². The van der Waals surface area contributed by atoms with Gasteiger partial charge in [-0.05, 0) is 28.7 Å². The van der Waals surface area contributed by atoms with Crippen LogP contribution < -0.4 is 0 Å². The summed E-state index contributed by atoms with van der Waals surface area (Å²) in [5, 5.41) is 9.41. The van der Waals surface area contributed by atoms with Gasteiger partial charge in [0.25, 0.3) is 5.60 Å². The van der Waals surface area contributed by atoms with Crippen molar-refractivity contribution in [1.82, 2.24) is 0 Å². The summed E-state index contributed by atoms with van der Waals surface area (Å²) in [5.41, 5.74) is -7.83. The summed E-state index contributed by atoms with van der Waals surface area (Å²) in [5.74, 6) is -2.99. The third-order valence-corrected chi connectivity index (χ3v) is 4.42. The highest BCUT2D eigenvalue weighted by atomic mass is 19.4. The van der Waals surface area contributed by atoms with Crippen LogP contribution in [-0.4, -0.2) is 23.7 Å².